The predicted octanol–water partition coefficient (Wildman–Crippen LogP) is 3.17. The van der Waals surface area contributed by atoms with Gasteiger partial charge in [-0.3, -0.25) is 0 Å². The van der Waals surface area contributed by atoms with E-state index in [0.717, 1.165) is 49.6 Å². The number of ether oxygens (including phenoxy) is 2. The molecule has 20 heavy (non-hydrogen) atoms. The van der Waals surface area contributed by atoms with Crippen molar-refractivity contribution in [1.29, 1.82) is 0 Å². The van der Waals surface area contributed by atoms with Gasteiger partial charge in [-0.2, -0.15) is 0 Å². The molecule has 1 unspecified atom stereocenters. The highest BCUT2D eigenvalue weighted by Gasteiger charge is 2.14. The number of aryl methyl sites for hydroxylation is 1. The van der Waals surface area contributed by atoms with Gasteiger partial charge >= 0.3 is 0 Å². The van der Waals surface area contributed by atoms with Crippen LogP contribution in [0.15, 0.2) is 10.5 Å². The molecule has 4 heteroatoms. The van der Waals surface area contributed by atoms with Crippen molar-refractivity contribution in [1.82, 2.24) is 5.32 Å². The first-order chi connectivity index (χ1) is 9.79. The van der Waals surface area contributed by atoms with Crippen molar-refractivity contribution in [3.8, 4) is 0 Å². The molecule has 1 fully saturated rings. The van der Waals surface area contributed by atoms with Crippen LogP contribution >= 0.6 is 0 Å². The molecule has 0 amide bonds. The summed E-state index contributed by atoms with van der Waals surface area (Å²) in [7, 11) is 0. The fourth-order valence-electron chi connectivity index (χ4n) is 2.45. The maximum Gasteiger partial charge on any atom is 0.118 e. The van der Waals surface area contributed by atoms with Gasteiger partial charge in [-0.1, -0.05) is 6.92 Å². The molecule has 1 aromatic rings. The van der Waals surface area contributed by atoms with Gasteiger partial charge in [0.15, 0.2) is 0 Å². The molecule has 114 valence electrons. The average Bonchev–Trinajstić information content (AvgIpc) is 2.81. The highest BCUT2D eigenvalue weighted by molar-refractivity contribution is 5.19. The Balaban J connectivity index is 1.71. The lowest BCUT2D eigenvalue weighted by Crippen LogP contribution is -2.24. The molecule has 0 saturated carbocycles. The quantitative estimate of drug-likeness (QED) is 0.743. The lowest BCUT2D eigenvalue weighted by atomic mass is 10.1. The van der Waals surface area contributed by atoms with E-state index in [2.05, 4.69) is 18.3 Å². The fraction of sp³-hybridized carbons (Fsp3) is 0.750. The van der Waals surface area contributed by atoms with E-state index in [9.17, 15) is 0 Å². The second-order valence-electron chi connectivity index (χ2n) is 5.47. The number of furan rings is 1. The van der Waals surface area contributed by atoms with Crippen LogP contribution in [-0.2, 0) is 22.6 Å². The van der Waals surface area contributed by atoms with Gasteiger partial charge in [-0.05, 0) is 45.2 Å². The summed E-state index contributed by atoms with van der Waals surface area (Å²) in [4.78, 5) is 0. The molecule has 1 atom stereocenters. The zero-order valence-corrected chi connectivity index (χ0v) is 12.7. The number of hydrogen-bond donors (Lipinski definition) is 1. The van der Waals surface area contributed by atoms with Crippen molar-refractivity contribution in [3.05, 3.63) is 23.2 Å². The maximum absolute atomic E-state index is 5.77. The van der Waals surface area contributed by atoms with E-state index in [1.165, 1.54) is 12.8 Å². The first-order valence-corrected chi connectivity index (χ1v) is 7.78. The molecule has 2 heterocycles. The summed E-state index contributed by atoms with van der Waals surface area (Å²) in [6.45, 7) is 8.15. The van der Waals surface area contributed by atoms with Gasteiger partial charge in [0.25, 0.3) is 0 Å². The Morgan fingerprint density at radius 2 is 2.30 bits per heavy atom. The maximum atomic E-state index is 5.77. The highest BCUT2D eigenvalue weighted by Crippen LogP contribution is 2.17. The van der Waals surface area contributed by atoms with Crippen molar-refractivity contribution in [2.45, 2.75) is 58.8 Å². The number of hydrogen-bond acceptors (Lipinski definition) is 4. The summed E-state index contributed by atoms with van der Waals surface area (Å²) in [5, 5.41) is 3.35. The minimum atomic E-state index is 0.279. The normalized spacial score (nSPS) is 19.4. The predicted molar refractivity (Wildman–Crippen MR) is 78.7 cm³/mol. The molecule has 0 spiro atoms. The Hall–Kier alpha value is -0.840. The molecule has 1 aromatic heterocycles. The van der Waals surface area contributed by atoms with E-state index in [1.807, 2.05) is 6.92 Å². The molecule has 1 aliphatic heterocycles. The second-order valence-corrected chi connectivity index (χ2v) is 5.47. The van der Waals surface area contributed by atoms with Gasteiger partial charge in [0.2, 0.25) is 0 Å². The van der Waals surface area contributed by atoms with Crippen LogP contribution in [0.25, 0.3) is 0 Å². The molecular formula is C16H27NO3. The van der Waals surface area contributed by atoms with Crippen molar-refractivity contribution in [2.24, 2.45) is 0 Å². The van der Waals surface area contributed by atoms with Crippen LogP contribution in [0.1, 0.15) is 49.7 Å². The fourth-order valence-corrected chi connectivity index (χ4v) is 2.45. The molecule has 0 aliphatic carbocycles. The molecule has 0 aromatic carbocycles. The van der Waals surface area contributed by atoms with Crippen LogP contribution in [-0.4, -0.2) is 25.9 Å². The largest absolute Gasteiger partial charge is 0.465 e. The third kappa shape index (κ3) is 4.93. The lowest BCUT2D eigenvalue weighted by Gasteiger charge is -2.22. The van der Waals surface area contributed by atoms with Crippen LogP contribution in [0.4, 0.5) is 0 Å². The summed E-state index contributed by atoms with van der Waals surface area (Å²) in [6.07, 6.45) is 4.98. The third-order valence-electron chi connectivity index (χ3n) is 3.63. The average molecular weight is 281 g/mol. The molecule has 2 rings (SSSR count). The van der Waals surface area contributed by atoms with Crippen molar-refractivity contribution in [2.75, 3.05) is 19.8 Å². The standard InChI is InChI=1S/C16H27NO3/c1-3-7-17-10-16-9-14(13(2)20-16)11-18-12-15-6-4-5-8-19-15/h9,15,17H,3-8,10-12H2,1-2H3. The monoisotopic (exact) mass is 281 g/mol. The molecule has 4 nitrogen and oxygen atoms in total. The van der Waals surface area contributed by atoms with Gasteiger partial charge in [0.05, 0.1) is 25.9 Å². The molecule has 1 aliphatic rings. The van der Waals surface area contributed by atoms with E-state index < -0.39 is 0 Å². The minimum Gasteiger partial charge on any atom is -0.465 e. The zero-order chi connectivity index (χ0) is 14.2. The van der Waals surface area contributed by atoms with Crippen LogP contribution < -0.4 is 5.32 Å². The number of nitrogens with one attached hydrogen (secondary N) is 1. The van der Waals surface area contributed by atoms with E-state index in [4.69, 9.17) is 13.9 Å². The smallest absolute Gasteiger partial charge is 0.118 e. The van der Waals surface area contributed by atoms with Gasteiger partial charge in [-0.25, -0.2) is 0 Å². The second kappa shape index (κ2) is 8.45. The molecule has 1 saturated heterocycles. The Morgan fingerprint density at radius 1 is 1.40 bits per heavy atom. The highest BCUT2D eigenvalue weighted by atomic mass is 16.5. The molecule has 1 N–H and O–H groups in total. The van der Waals surface area contributed by atoms with E-state index in [1.54, 1.807) is 0 Å². The van der Waals surface area contributed by atoms with Crippen LogP contribution in [0.2, 0.25) is 0 Å². The van der Waals surface area contributed by atoms with Gasteiger partial charge in [0, 0.05) is 12.2 Å². The van der Waals surface area contributed by atoms with Crippen LogP contribution in [0.3, 0.4) is 0 Å². The van der Waals surface area contributed by atoms with E-state index in [-0.39, 0.29) is 6.10 Å². The third-order valence-corrected chi connectivity index (χ3v) is 3.63. The van der Waals surface area contributed by atoms with E-state index >= 15 is 0 Å². The summed E-state index contributed by atoms with van der Waals surface area (Å²) in [5.41, 5.74) is 1.15. The summed E-state index contributed by atoms with van der Waals surface area (Å²) < 4.78 is 17.2. The molecule has 0 bridgehead atoms. The topological polar surface area (TPSA) is 43.6 Å². The Labute approximate surface area is 121 Å². The summed E-state index contributed by atoms with van der Waals surface area (Å²) in [5.74, 6) is 1.95. The van der Waals surface area contributed by atoms with Crippen molar-refractivity contribution >= 4 is 0 Å². The zero-order valence-electron chi connectivity index (χ0n) is 12.7. The molecular weight excluding hydrogens is 254 g/mol. The lowest BCUT2D eigenvalue weighted by molar-refractivity contribution is -0.0449. The van der Waals surface area contributed by atoms with Gasteiger partial charge < -0.3 is 19.2 Å². The summed E-state index contributed by atoms with van der Waals surface area (Å²) >= 11 is 0. The van der Waals surface area contributed by atoms with Gasteiger partial charge in [0.1, 0.15) is 11.5 Å². The van der Waals surface area contributed by atoms with Crippen LogP contribution in [0.5, 0.6) is 0 Å². The number of rotatable bonds is 8. The Morgan fingerprint density at radius 3 is 3.05 bits per heavy atom. The van der Waals surface area contributed by atoms with Crippen molar-refractivity contribution in [3.63, 3.8) is 0 Å². The van der Waals surface area contributed by atoms with Gasteiger partial charge in [-0.15, -0.1) is 0 Å². The minimum absolute atomic E-state index is 0.279. The van der Waals surface area contributed by atoms with E-state index in [0.29, 0.717) is 13.2 Å². The SMILES string of the molecule is CCCNCc1cc(COCC2CCCCO2)c(C)o1. The first kappa shape index (κ1) is 15.5. The molecule has 0 radical (unpaired) electrons. The first-order valence-electron chi connectivity index (χ1n) is 7.78. The summed E-state index contributed by atoms with van der Waals surface area (Å²) in [6, 6.07) is 2.10. The Bertz CT molecular complexity index is 383. The van der Waals surface area contributed by atoms with Crippen LogP contribution in [0, 0.1) is 6.92 Å². The van der Waals surface area contributed by atoms with Crippen molar-refractivity contribution < 1.29 is 13.9 Å². The Kier molecular flexibility index (Phi) is 6.57.